The lowest BCUT2D eigenvalue weighted by atomic mass is 9.67. The number of hydrogen-bond acceptors (Lipinski definition) is 4. The maximum atomic E-state index is 6.13. The number of rotatable bonds is 4. The molecule has 5 heteroatoms. The van der Waals surface area contributed by atoms with Gasteiger partial charge in [0.1, 0.15) is 11.0 Å². The number of halogens is 1. The van der Waals surface area contributed by atoms with Crippen molar-refractivity contribution in [2.45, 2.75) is 52.5 Å². The van der Waals surface area contributed by atoms with Gasteiger partial charge in [0.25, 0.3) is 0 Å². The Bertz CT molecular complexity index is 1140. The third kappa shape index (κ3) is 3.20. The molecule has 3 aliphatic rings. The minimum Gasteiger partial charge on any atom is -0.377 e. The number of hydrogen-bond donors (Lipinski definition) is 1. The molecule has 0 radical (unpaired) electrons. The van der Waals surface area contributed by atoms with Crippen LogP contribution in [0.5, 0.6) is 0 Å². The molecule has 1 aliphatic carbocycles. The lowest BCUT2D eigenvalue weighted by Crippen LogP contribution is -2.40. The molecule has 1 saturated heterocycles. The second-order valence-corrected chi connectivity index (χ2v) is 9.73. The van der Waals surface area contributed by atoms with E-state index in [4.69, 9.17) is 16.6 Å². The minimum atomic E-state index is 0.0390. The molecule has 31 heavy (non-hydrogen) atoms. The number of aromatic nitrogens is 1. The summed E-state index contributed by atoms with van der Waals surface area (Å²) >= 11 is 6.13. The molecular weight excluding hydrogens is 404 g/mol. The van der Waals surface area contributed by atoms with Crippen LogP contribution in [0.25, 0.3) is 11.3 Å². The lowest BCUT2D eigenvalue weighted by Gasteiger charge is -2.41. The number of benzene rings is 1. The monoisotopic (exact) mass is 432 g/mol. The Morgan fingerprint density at radius 3 is 2.71 bits per heavy atom. The maximum absolute atomic E-state index is 6.13. The largest absolute Gasteiger partial charge is 0.377 e. The smallest absolute Gasteiger partial charge is 0.129 e. The van der Waals surface area contributed by atoms with Crippen molar-refractivity contribution in [3.05, 3.63) is 65.0 Å². The molecular formula is C26H29ClN4. The molecule has 2 aliphatic heterocycles. The van der Waals surface area contributed by atoms with Crippen LogP contribution in [0.2, 0.25) is 5.15 Å². The van der Waals surface area contributed by atoms with Crippen molar-refractivity contribution >= 4 is 40.1 Å². The van der Waals surface area contributed by atoms with E-state index < -0.39 is 0 Å². The van der Waals surface area contributed by atoms with Crippen LogP contribution in [0.4, 0.5) is 11.4 Å². The van der Waals surface area contributed by atoms with E-state index in [2.05, 4.69) is 54.3 Å². The standard InChI is InChI=1S/C26H29ClN4/c1-15(2)23-21(7-8-22(27)29-23)28-17(4)19-13-16(3)14-20-18(5)31-12-11-26(9-6-10-26)25(31)30-24(19)20/h7-8,13-14,17,28H,1,5-6,9-12H2,2-4H3. The number of nitrogens with zero attached hydrogens (tertiary/aromatic N) is 3. The van der Waals surface area contributed by atoms with Crippen LogP contribution in [0, 0.1) is 12.3 Å². The molecule has 160 valence electrons. The van der Waals surface area contributed by atoms with E-state index in [1.54, 1.807) is 0 Å². The summed E-state index contributed by atoms with van der Waals surface area (Å²) in [6.07, 6.45) is 4.99. The number of anilines is 1. The number of allylic oxidation sites excluding steroid dienone is 1. The average Bonchev–Trinajstić information content (AvgIpc) is 3.09. The maximum Gasteiger partial charge on any atom is 0.129 e. The van der Waals surface area contributed by atoms with Gasteiger partial charge in [-0.2, -0.15) is 0 Å². The van der Waals surface area contributed by atoms with Gasteiger partial charge < -0.3 is 10.2 Å². The Balaban J connectivity index is 1.57. The van der Waals surface area contributed by atoms with Crippen LogP contribution in [-0.4, -0.2) is 22.3 Å². The number of pyridine rings is 1. The molecule has 1 unspecified atom stereocenters. The molecule has 0 bridgehead atoms. The number of fused-ring (bicyclic) bond motifs is 3. The minimum absolute atomic E-state index is 0.0390. The number of amidine groups is 1. The predicted molar refractivity (Wildman–Crippen MR) is 131 cm³/mol. The van der Waals surface area contributed by atoms with Crippen molar-refractivity contribution < 1.29 is 0 Å². The second kappa shape index (κ2) is 7.23. The Hall–Kier alpha value is -2.59. The number of aryl methyl sites for hydroxylation is 1. The van der Waals surface area contributed by atoms with Crippen molar-refractivity contribution in [1.29, 1.82) is 0 Å². The molecule has 3 heterocycles. The van der Waals surface area contributed by atoms with Gasteiger partial charge in [0.15, 0.2) is 0 Å². The van der Waals surface area contributed by atoms with Crippen molar-refractivity contribution in [3.8, 4) is 0 Å². The summed E-state index contributed by atoms with van der Waals surface area (Å²) in [7, 11) is 0. The van der Waals surface area contributed by atoms with Gasteiger partial charge in [0.2, 0.25) is 0 Å². The lowest BCUT2D eigenvalue weighted by molar-refractivity contribution is 0.236. The van der Waals surface area contributed by atoms with Gasteiger partial charge >= 0.3 is 0 Å². The third-order valence-corrected chi connectivity index (χ3v) is 7.31. The van der Waals surface area contributed by atoms with Gasteiger partial charge in [0, 0.05) is 28.8 Å². The average molecular weight is 433 g/mol. The normalized spacial score (nSPS) is 19.4. The summed E-state index contributed by atoms with van der Waals surface area (Å²) in [6.45, 7) is 15.9. The van der Waals surface area contributed by atoms with Crippen molar-refractivity contribution in [2.24, 2.45) is 10.4 Å². The SMILES string of the molecule is C=C(C)c1nc(Cl)ccc1NC(C)c1cc(C)cc2c1N=C1N(CCC13CCC3)C2=C. The van der Waals surface area contributed by atoms with Gasteiger partial charge in [-0.15, -0.1) is 0 Å². The number of nitrogens with one attached hydrogen (secondary N) is 1. The van der Waals surface area contributed by atoms with Crippen LogP contribution < -0.4 is 5.32 Å². The van der Waals surface area contributed by atoms with Crippen LogP contribution in [0.1, 0.15) is 68.0 Å². The van der Waals surface area contributed by atoms with Crippen molar-refractivity contribution in [2.75, 3.05) is 11.9 Å². The van der Waals surface area contributed by atoms with Gasteiger partial charge in [-0.25, -0.2) is 9.98 Å². The fourth-order valence-electron chi connectivity index (χ4n) is 5.27. The Morgan fingerprint density at radius 1 is 1.26 bits per heavy atom. The third-order valence-electron chi connectivity index (χ3n) is 7.10. The molecule has 1 N–H and O–H groups in total. The Kier molecular flexibility index (Phi) is 4.74. The highest BCUT2D eigenvalue weighted by atomic mass is 35.5. The Morgan fingerprint density at radius 2 is 2.03 bits per heavy atom. The highest BCUT2D eigenvalue weighted by Crippen LogP contribution is 2.54. The summed E-state index contributed by atoms with van der Waals surface area (Å²) in [5.41, 5.74) is 8.59. The summed E-state index contributed by atoms with van der Waals surface area (Å²) in [5.74, 6) is 1.24. The highest BCUT2D eigenvalue weighted by molar-refractivity contribution is 6.29. The first kappa shape index (κ1) is 20.3. The molecule has 5 rings (SSSR count). The molecule has 1 atom stereocenters. The fourth-order valence-corrected chi connectivity index (χ4v) is 5.42. The van der Waals surface area contributed by atoms with E-state index in [1.807, 2.05) is 19.1 Å². The highest BCUT2D eigenvalue weighted by Gasteiger charge is 2.50. The Labute approximate surface area is 189 Å². The molecule has 1 saturated carbocycles. The summed E-state index contributed by atoms with van der Waals surface area (Å²) in [5, 5.41) is 4.11. The molecule has 1 aromatic heterocycles. The van der Waals surface area contributed by atoms with E-state index >= 15 is 0 Å². The summed E-state index contributed by atoms with van der Waals surface area (Å²) in [6, 6.07) is 8.30. The van der Waals surface area contributed by atoms with Gasteiger partial charge in [-0.05, 0) is 69.4 Å². The predicted octanol–water partition coefficient (Wildman–Crippen LogP) is 7.14. The van der Waals surface area contributed by atoms with E-state index in [0.717, 1.165) is 40.4 Å². The second-order valence-electron chi connectivity index (χ2n) is 9.34. The van der Waals surface area contributed by atoms with Crippen LogP contribution in [0.15, 0.2) is 42.4 Å². The zero-order chi connectivity index (χ0) is 21.9. The van der Waals surface area contributed by atoms with Gasteiger partial charge in [0.05, 0.1) is 23.1 Å². The molecule has 1 aromatic carbocycles. The molecule has 2 aromatic rings. The van der Waals surface area contributed by atoms with Gasteiger partial charge in [-0.3, -0.25) is 0 Å². The fraction of sp³-hybridized carbons (Fsp3) is 0.385. The van der Waals surface area contributed by atoms with E-state index in [0.29, 0.717) is 5.15 Å². The number of aliphatic imine (C=N–C) groups is 1. The van der Waals surface area contributed by atoms with Gasteiger partial charge in [-0.1, -0.05) is 37.2 Å². The molecule has 1 spiro atoms. The first-order valence-corrected chi connectivity index (χ1v) is 11.5. The first-order valence-electron chi connectivity index (χ1n) is 11.1. The van der Waals surface area contributed by atoms with Crippen molar-refractivity contribution in [3.63, 3.8) is 0 Å². The summed E-state index contributed by atoms with van der Waals surface area (Å²) < 4.78 is 0. The zero-order valence-electron chi connectivity index (χ0n) is 18.6. The van der Waals surface area contributed by atoms with Crippen LogP contribution in [-0.2, 0) is 0 Å². The van der Waals surface area contributed by atoms with Crippen LogP contribution >= 0.6 is 11.6 Å². The topological polar surface area (TPSA) is 40.5 Å². The zero-order valence-corrected chi connectivity index (χ0v) is 19.3. The van der Waals surface area contributed by atoms with E-state index in [-0.39, 0.29) is 11.5 Å². The summed E-state index contributed by atoms with van der Waals surface area (Å²) in [4.78, 5) is 12.1. The molecule has 0 amide bonds. The quantitative estimate of drug-likeness (QED) is 0.522. The van der Waals surface area contributed by atoms with E-state index in [1.165, 1.54) is 42.6 Å². The van der Waals surface area contributed by atoms with Crippen molar-refractivity contribution in [1.82, 2.24) is 9.88 Å². The van der Waals surface area contributed by atoms with E-state index in [9.17, 15) is 0 Å². The van der Waals surface area contributed by atoms with Crippen LogP contribution in [0.3, 0.4) is 0 Å². The first-order chi connectivity index (χ1) is 14.8. The molecule has 4 nitrogen and oxygen atoms in total. The molecule has 2 fully saturated rings.